The molecule has 0 radical (unpaired) electrons. The summed E-state index contributed by atoms with van der Waals surface area (Å²) in [5.41, 5.74) is 3.50. The average molecular weight is 589 g/mol. The zero-order valence-corrected chi connectivity index (χ0v) is 26.5. The number of imidazole rings is 1. The molecule has 7 nitrogen and oxygen atoms in total. The minimum Gasteiger partial charge on any atom is -0.393 e. The number of allylic oxidation sites excluding steroid dienone is 1. The van der Waals surface area contributed by atoms with Gasteiger partial charge < -0.3 is 14.8 Å². The lowest BCUT2D eigenvalue weighted by Gasteiger charge is -2.60. The number of aryl methyl sites for hydroxylation is 1. The molecule has 2 N–H and O–H groups in total. The number of fused-ring (bicyclic) bond motifs is 7. The summed E-state index contributed by atoms with van der Waals surface area (Å²) in [6.45, 7) is 11.0. The van der Waals surface area contributed by atoms with Crippen LogP contribution in [0.5, 0.6) is 0 Å². The first-order chi connectivity index (χ1) is 19.8. The molecule has 0 aliphatic heterocycles. The summed E-state index contributed by atoms with van der Waals surface area (Å²) >= 11 is 1.40. The molecule has 6 unspecified atom stereocenters. The Morgan fingerprint density at radius 3 is 2.69 bits per heavy atom. The Labute approximate surface area is 252 Å². The molecular weight excluding hydrogens is 544 g/mol. The molecule has 42 heavy (non-hydrogen) atoms. The lowest BCUT2D eigenvalue weighted by molar-refractivity contribution is -0.177. The van der Waals surface area contributed by atoms with E-state index < -0.39 is 17.1 Å². The number of rotatable bonds is 4. The van der Waals surface area contributed by atoms with Gasteiger partial charge in [0, 0.05) is 12.5 Å². The van der Waals surface area contributed by atoms with Gasteiger partial charge in [0.1, 0.15) is 5.60 Å². The number of aliphatic hydroxyl groups excluding tert-OH is 1. The van der Waals surface area contributed by atoms with E-state index in [0.717, 1.165) is 41.9 Å². The van der Waals surface area contributed by atoms with Gasteiger partial charge in [-0.3, -0.25) is 9.48 Å². The van der Waals surface area contributed by atoms with Gasteiger partial charge in [-0.25, -0.2) is 4.98 Å². The van der Waals surface area contributed by atoms with Gasteiger partial charge in [-0.2, -0.15) is 5.10 Å². The first-order valence-corrected chi connectivity index (χ1v) is 16.5. The molecule has 3 fully saturated rings. The van der Waals surface area contributed by atoms with Crippen molar-refractivity contribution in [3.63, 3.8) is 0 Å². The van der Waals surface area contributed by atoms with Crippen LogP contribution in [0.15, 0.2) is 41.2 Å². The summed E-state index contributed by atoms with van der Waals surface area (Å²) in [6, 6.07) is 7.96. The molecule has 8 heteroatoms. The zero-order valence-electron chi connectivity index (χ0n) is 25.7. The summed E-state index contributed by atoms with van der Waals surface area (Å²) in [6.07, 6.45) is 8.41. The Morgan fingerprint density at radius 2 is 1.95 bits per heavy atom. The summed E-state index contributed by atoms with van der Waals surface area (Å²) in [7, 11) is 1.97. The second-order valence-corrected chi connectivity index (χ2v) is 15.9. The summed E-state index contributed by atoms with van der Waals surface area (Å²) in [5, 5.41) is 29.7. The minimum atomic E-state index is -1.44. The second-order valence-electron chi connectivity index (χ2n) is 15.0. The number of Topliss-reactive ketones (excluding diaryl/α,β-unsaturated/α-hetero) is 1. The van der Waals surface area contributed by atoms with Crippen molar-refractivity contribution in [2.75, 3.05) is 5.75 Å². The van der Waals surface area contributed by atoms with Gasteiger partial charge in [-0.1, -0.05) is 43.3 Å². The van der Waals surface area contributed by atoms with Gasteiger partial charge in [0.05, 0.1) is 40.3 Å². The molecule has 4 aliphatic rings. The van der Waals surface area contributed by atoms with Crippen LogP contribution in [0.4, 0.5) is 0 Å². The highest BCUT2D eigenvalue weighted by Crippen LogP contribution is 2.67. The number of carbonyl (C=O) groups is 1. The molecule has 1 aromatic carbocycles. The van der Waals surface area contributed by atoms with Crippen molar-refractivity contribution in [1.82, 2.24) is 19.3 Å². The number of aliphatic hydroxyl groups is 2. The molecule has 0 saturated heterocycles. The lowest BCUT2D eigenvalue weighted by atomic mass is 9.45. The van der Waals surface area contributed by atoms with Crippen LogP contribution in [0.3, 0.4) is 0 Å². The molecular formula is C34H44N4O3S. The van der Waals surface area contributed by atoms with Crippen LogP contribution in [0.25, 0.3) is 17.1 Å². The van der Waals surface area contributed by atoms with E-state index in [0.29, 0.717) is 12.8 Å². The molecule has 7 atom stereocenters. The van der Waals surface area contributed by atoms with E-state index in [9.17, 15) is 15.0 Å². The van der Waals surface area contributed by atoms with Gasteiger partial charge in [0.2, 0.25) is 0 Å². The van der Waals surface area contributed by atoms with E-state index in [1.54, 1.807) is 0 Å². The number of carbonyl (C=O) groups excluding carboxylic acids is 1. The van der Waals surface area contributed by atoms with Crippen molar-refractivity contribution in [2.45, 2.75) is 95.5 Å². The highest BCUT2D eigenvalue weighted by molar-refractivity contribution is 7.99. The highest BCUT2D eigenvalue weighted by atomic mass is 32.2. The first kappa shape index (κ1) is 28.4. The molecule has 3 aromatic rings. The molecule has 0 amide bonds. The van der Waals surface area contributed by atoms with E-state index in [2.05, 4.69) is 45.4 Å². The van der Waals surface area contributed by atoms with Crippen LogP contribution in [-0.2, 0) is 23.8 Å². The van der Waals surface area contributed by atoms with Crippen molar-refractivity contribution < 1.29 is 15.0 Å². The topological polar surface area (TPSA) is 93.2 Å². The monoisotopic (exact) mass is 588 g/mol. The maximum atomic E-state index is 13.9. The molecule has 7 rings (SSSR count). The number of hydrogen-bond acceptors (Lipinski definition) is 6. The Morgan fingerprint density at radius 1 is 1.19 bits per heavy atom. The van der Waals surface area contributed by atoms with Crippen molar-refractivity contribution >= 4 is 34.7 Å². The standard InChI is InChI=1S/C34H44N4O3S/c1-31(2,3)38-26-15-21-11-12-22-23-13-14-34(41,28(40)19-42-30-36-24-9-7-8-10-25(24)37(30)6)33(23,5)17-27(39)29(22)32(21,4)16-20(26)18-35-38/h7-10,15,18,22-23,27,29,39,41H,11-14,16-17,19H2,1-6H3/t22?,23?,27?,29?,32?,33?,34-/m0/s1. The SMILES string of the molecule is Cn1c(SCC(=O)[C@@]2(O)CCC3C4CCC5=Cc6c(cnn6C(C)(C)C)CC5(C)C4C(O)CC32C)nc2ccccc21. The lowest BCUT2D eigenvalue weighted by Crippen LogP contribution is -2.62. The van der Waals surface area contributed by atoms with Gasteiger partial charge in [-0.15, -0.1) is 0 Å². The third-order valence-electron chi connectivity index (χ3n) is 11.8. The van der Waals surface area contributed by atoms with Gasteiger partial charge in [0.25, 0.3) is 0 Å². The third kappa shape index (κ3) is 3.83. The van der Waals surface area contributed by atoms with Crippen molar-refractivity contribution in [1.29, 1.82) is 0 Å². The van der Waals surface area contributed by atoms with E-state index >= 15 is 0 Å². The Balaban J connectivity index is 1.14. The Bertz CT molecular complexity index is 1620. The van der Waals surface area contributed by atoms with Crippen LogP contribution in [-0.4, -0.2) is 52.8 Å². The maximum Gasteiger partial charge on any atom is 0.175 e. The molecule has 3 saturated carbocycles. The molecule has 0 spiro atoms. The second kappa shape index (κ2) is 9.29. The number of hydrogen-bond donors (Lipinski definition) is 2. The van der Waals surface area contributed by atoms with E-state index in [-0.39, 0.29) is 40.2 Å². The van der Waals surface area contributed by atoms with Crippen molar-refractivity contribution in [3.05, 3.63) is 47.3 Å². The number of benzene rings is 1. The highest BCUT2D eigenvalue weighted by Gasteiger charge is 2.68. The van der Waals surface area contributed by atoms with Crippen LogP contribution < -0.4 is 0 Å². The number of para-hydroxylation sites is 2. The third-order valence-corrected chi connectivity index (χ3v) is 12.8. The summed E-state index contributed by atoms with van der Waals surface area (Å²) < 4.78 is 4.16. The van der Waals surface area contributed by atoms with Crippen LogP contribution in [0, 0.1) is 28.6 Å². The quantitative estimate of drug-likeness (QED) is 0.376. The van der Waals surface area contributed by atoms with Crippen LogP contribution in [0.2, 0.25) is 0 Å². The number of ketones is 1. The van der Waals surface area contributed by atoms with Crippen molar-refractivity contribution in [2.24, 2.45) is 35.6 Å². The van der Waals surface area contributed by atoms with Crippen LogP contribution in [0.1, 0.15) is 78.0 Å². The van der Waals surface area contributed by atoms with Gasteiger partial charge in [0.15, 0.2) is 10.9 Å². The fourth-order valence-electron chi connectivity index (χ4n) is 9.68. The van der Waals surface area contributed by atoms with Crippen molar-refractivity contribution in [3.8, 4) is 0 Å². The molecule has 224 valence electrons. The maximum absolute atomic E-state index is 13.9. The molecule has 2 aromatic heterocycles. The number of aromatic nitrogens is 4. The fourth-order valence-corrected chi connectivity index (χ4v) is 10.6. The predicted molar refractivity (Wildman–Crippen MR) is 166 cm³/mol. The van der Waals surface area contributed by atoms with Gasteiger partial charge in [-0.05, 0) is 106 Å². The largest absolute Gasteiger partial charge is 0.393 e. The molecule has 0 bridgehead atoms. The fraction of sp³-hybridized carbons (Fsp3) is 0.618. The first-order valence-electron chi connectivity index (χ1n) is 15.5. The summed E-state index contributed by atoms with van der Waals surface area (Å²) in [4.78, 5) is 18.6. The summed E-state index contributed by atoms with van der Waals surface area (Å²) in [5.74, 6) is 0.626. The van der Waals surface area contributed by atoms with Gasteiger partial charge >= 0.3 is 0 Å². The molecule has 2 heterocycles. The van der Waals surface area contributed by atoms with E-state index in [1.807, 2.05) is 42.1 Å². The Hall–Kier alpha value is -2.42. The number of thioether (sulfide) groups is 1. The minimum absolute atomic E-state index is 0.0926. The Kier molecular flexibility index (Phi) is 6.27. The van der Waals surface area contributed by atoms with E-state index in [4.69, 9.17) is 10.1 Å². The predicted octanol–water partition coefficient (Wildman–Crippen LogP) is 5.77. The normalized spacial score (nSPS) is 35.8. The molecule has 4 aliphatic carbocycles. The zero-order chi connectivity index (χ0) is 29.8. The van der Waals surface area contributed by atoms with Crippen LogP contribution >= 0.6 is 11.8 Å². The smallest absolute Gasteiger partial charge is 0.175 e. The van der Waals surface area contributed by atoms with E-state index in [1.165, 1.54) is 28.6 Å². The average Bonchev–Trinajstić information content (AvgIpc) is 3.57. The number of nitrogens with zero attached hydrogens (tertiary/aromatic N) is 4.